The van der Waals surface area contributed by atoms with Crippen molar-refractivity contribution in [1.29, 1.82) is 0 Å². The molecule has 1 aliphatic rings. The third kappa shape index (κ3) is 3.42. The highest BCUT2D eigenvalue weighted by Gasteiger charge is 2.18. The molecule has 0 saturated heterocycles. The van der Waals surface area contributed by atoms with Crippen LogP contribution < -0.4 is 0 Å². The van der Waals surface area contributed by atoms with E-state index >= 15 is 0 Å². The Morgan fingerprint density at radius 1 is 1.25 bits per heavy atom. The lowest BCUT2D eigenvalue weighted by molar-refractivity contribution is 0.00698. The Labute approximate surface area is 101 Å². The molecule has 3 nitrogen and oxygen atoms in total. The van der Waals surface area contributed by atoms with E-state index in [0.29, 0.717) is 17.9 Å². The molecule has 1 heterocycles. The molecule has 1 saturated carbocycles. The highest BCUT2D eigenvalue weighted by atomic mass is 35.5. The minimum absolute atomic E-state index is 0.397. The van der Waals surface area contributed by atoms with Crippen LogP contribution in [0.15, 0.2) is 12.1 Å². The van der Waals surface area contributed by atoms with Crippen LogP contribution in [0.25, 0.3) is 0 Å². The van der Waals surface area contributed by atoms with Crippen LogP contribution in [0.5, 0.6) is 0 Å². The minimum atomic E-state index is 0.397. The number of aromatic nitrogens is 2. The first-order valence-corrected chi connectivity index (χ1v) is 6.21. The van der Waals surface area contributed by atoms with E-state index in [9.17, 15) is 0 Å². The molecule has 2 rings (SSSR count). The van der Waals surface area contributed by atoms with Gasteiger partial charge in [0.2, 0.25) is 0 Å². The van der Waals surface area contributed by atoms with Gasteiger partial charge < -0.3 is 4.74 Å². The Hall–Kier alpha value is -0.670. The Bertz CT molecular complexity index is 320. The first-order chi connectivity index (χ1) is 7.74. The second kappa shape index (κ2) is 5.60. The summed E-state index contributed by atoms with van der Waals surface area (Å²) in [4.78, 5) is 0. The molecule has 0 N–H and O–H groups in total. The van der Waals surface area contributed by atoms with E-state index < -0.39 is 0 Å². The summed E-state index contributed by atoms with van der Waals surface area (Å²) in [6, 6.07) is 3.61. The van der Waals surface area contributed by atoms with E-state index in [1.807, 2.05) is 6.07 Å². The zero-order valence-corrected chi connectivity index (χ0v) is 10.3. The van der Waals surface area contributed by atoms with Crippen molar-refractivity contribution in [2.45, 2.75) is 45.3 Å². The van der Waals surface area contributed by atoms with Crippen LogP contribution in [0.3, 0.4) is 0 Å². The Morgan fingerprint density at radius 3 is 2.62 bits per heavy atom. The lowest BCUT2D eigenvalue weighted by atomic mass is 9.89. The van der Waals surface area contributed by atoms with Crippen molar-refractivity contribution in [2.75, 3.05) is 0 Å². The normalized spacial score (nSPS) is 25.6. The molecule has 1 aromatic heterocycles. The average Bonchev–Trinajstić information content (AvgIpc) is 2.30. The molecule has 0 unspecified atom stereocenters. The number of halogens is 1. The molecule has 0 atom stereocenters. The molecule has 1 fully saturated rings. The van der Waals surface area contributed by atoms with E-state index in [0.717, 1.165) is 11.6 Å². The van der Waals surface area contributed by atoms with Crippen LogP contribution in [-0.2, 0) is 11.3 Å². The van der Waals surface area contributed by atoms with E-state index in [-0.39, 0.29) is 0 Å². The third-order valence-electron chi connectivity index (χ3n) is 3.12. The number of rotatable bonds is 3. The highest BCUT2D eigenvalue weighted by molar-refractivity contribution is 6.29. The first kappa shape index (κ1) is 11.8. The lowest BCUT2D eigenvalue weighted by Crippen LogP contribution is -2.20. The standard InChI is InChI=1S/C12H17ClN2O/c1-9-2-5-11(6-3-9)16-8-10-4-7-12(13)15-14-10/h4,7,9,11H,2-3,5-6,8H2,1H3. The summed E-state index contributed by atoms with van der Waals surface area (Å²) in [5.41, 5.74) is 0.850. The second-order valence-electron chi connectivity index (χ2n) is 4.54. The summed E-state index contributed by atoms with van der Waals surface area (Å²) in [5, 5.41) is 8.19. The van der Waals surface area contributed by atoms with Crippen LogP contribution in [0.2, 0.25) is 5.15 Å². The number of hydrogen-bond donors (Lipinski definition) is 0. The predicted octanol–water partition coefficient (Wildman–Crippen LogP) is 3.23. The minimum Gasteiger partial charge on any atom is -0.372 e. The fraction of sp³-hybridized carbons (Fsp3) is 0.667. The molecule has 4 heteroatoms. The third-order valence-corrected chi connectivity index (χ3v) is 3.32. The van der Waals surface area contributed by atoms with Gasteiger partial charge in [-0.1, -0.05) is 18.5 Å². The molecule has 1 aliphatic carbocycles. The van der Waals surface area contributed by atoms with Crippen molar-refractivity contribution in [2.24, 2.45) is 5.92 Å². The van der Waals surface area contributed by atoms with Gasteiger partial charge in [0.1, 0.15) is 0 Å². The van der Waals surface area contributed by atoms with E-state index in [4.69, 9.17) is 16.3 Å². The largest absolute Gasteiger partial charge is 0.372 e. The highest BCUT2D eigenvalue weighted by Crippen LogP contribution is 2.25. The monoisotopic (exact) mass is 240 g/mol. The van der Waals surface area contributed by atoms with Gasteiger partial charge in [-0.05, 0) is 43.7 Å². The molecule has 16 heavy (non-hydrogen) atoms. The molecule has 0 aromatic carbocycles. The van der Waals surface area contributed by atoms with Crippen LogP contribution in [0.1, 0.15) is 38.3 Å². The molecule has 0 amide bonds. The summed E-state index contributed by atoms with van der Waals surface area (Å²) >= 11 is 5.66. The van der Waals surface area contributed by atoms with Gasteiger partial charge in [0, 0.05) is 0 Å². The quantitative estimate of drug-likeness (QED) is 0.814. The second-order valence-corrected chi connectivity index (χ2v) is 4.93. The molecule has 0 bridgehead atoms. The summed E-state index contributed by atoms with van der Waals surface area (Å²) in [5.74, 6) is 0.857. The number of ether oxygens (including phenoxy) is 1. The number of hydrogen-bond acceptors (Lipinski definition) is 3. The van der Waals surface area contributed by atoms with Gasteiger partial charge in [0.05, 0.1) is 18.4 Å². The molecule has 0 spiro atoms. The van der Waals surface area contributed by atoms with Gasteiger partial charge in [-0.2, -0.15) is 5.10 Å². The first-order valence-electron chi connectivity index (χ1n) is 5.84. The Kier molecular flexibility index (Phi) is 4.13. The van der Waals surface area contributed by atoms with Crippen LogP contribution >= 0.6 is 11.6 Å². The Balaban J connectivity index is 1.77. The van der Waals surface area contributed by atoms with Crippen molar-refractivity contribution in [1.82, 2.24) is 10.2 Å². The zero-order valence-electron chi connectivity index (χ0n) is 9.53. The smallest absolute Gasteiger partial charge is 0.151 e. The van der Waals surface area contributed by atoms with Gasteiger partial charge in [-0.15, -0.1) is 5.10 Å². The van der Waals surface area contributed by atoms with Crippen molar-refractivity contribution in [3.8, 4) is 0 Å². The van der Waals surface area contributed by atoms with E-state index in [2.05, 4.69) is 17.1 Å². The van der Waals surface area contributed by atoms with Crippen molar-refractivity contribution < 1.29 is 4.74 Å². The maximum atomic E-state index is 5.81. The van der Waals surface area contributed by atoms with Gasteiger partial charge in [0.15, 0.2) is 5.15 Å². The fourth-order valence-electron chi connectivity index (χ4n) is 2.02. The maximum absolute atomic E-state index is 5.81. The fourth-order valence-corrected chi connectivity index (χ4v) is 2.12. The van der Waals surface area contributed by atoms with Crippen molar-refractivity contribution in [3.05, 3.63) is 23.0 Å². The summed E-state index contributed by atoms with van der Waals surface area (Å²) in [6.07, 6.45) is 5.28. The van der Waals surface area contributed by atoms with Crippen molar-refractivity contribution >= 4 is 11.6 Å². The SMILES string of the molecule is CC1CCC(OCc2ccc(Cl)nn2)CC1. The van der Waals surface area contributed by atoms with Gasteiger partial charge >= 0.3 is 0 Å². The molecule has 0 aliphatic heterocycles. The van der Waals surface area contributed by atoms with Gasteiger partial charge in [-0.3, -0.25) is 0 Å². The van der Waals surface area contributed by atoms with E-state index in [1.165, 1.54) is 25.7 Å². The van der Waals surface area contributed by atoms with Crippen LogP contribution in [0, 0.1) is 5.92 Å². The maximum Gasteiger partial charge on any atom is 0.151 e. The lowest BCUT2D eigenvalue weighted by Gasteiger charge is -2.26. The molecular formula is C12H17ClN2O. The topological polar surface area (TPSA) is 35.0 Å². The van der Waals surface area contributed by atoms with Crippen LogP contribution in [-0.4, -0.2) is 16.3 Å². The van der Waals surface area contributed by atoms with Crippen LogP contribution in [0.4, 0.5) is 0 Å². The molecule has 88 valence electrons. The Morgan fingerprint density at radius 2 is 2.00 bits per heavy atom. The van der Waals surface area contributed by atoms with Gasteiger partial charge in [0.25, 0.3) is 0 Å². The summed E-state index contributed by atoms with van der Waals surface area (Å²) < 4.78 is 5.81. The summed E-state index contributed by atoms with van der Waals surface area (Å²) in [7, 11) is 0. The molecule has 1 aromatic rings. The molecular weight excluding hydrogens is 224 g/mol. The summed E-state index contributed by atoms with van der Waals surface area (Å²) in [6.45, 7) is 2.85. The number of nitrogens with zero attached hydrogens (tertiary/aromatic N) is 2. The average molecular weight is 241 g/mol. The van der Waals surface area contributed by atoms with E-state index in [1.54, 1.807) is 6.07 Å². The van der Waals surface area contributed by atoms with Gasteiger partial charge in [-0.25, -0.2) is 0 Å². The van der Waals surface area contributed by atoms with Crippen molar-refractivity contribution in [3.63, 3.8) is 0 Å². The predicted molar refractivity (Wildman–Crippen MR) is 63.3 cm³/mol. The molecule has 0 radical (unpaired) electrons. The zero-order chi connectivity index (χ0) is 11.4.